The minimum atomic E-state index is -0.0515. The Hall–Kier alpha value is -3.15. The predicted octanol–water partition coefficient (Wildman–Crippen LogP) is 4.29. The Kier molecular flexibility index (Phi) is 4.62. The van der Waals surface area contributed by atoms with Gasteiger partial charge in [0.05, 0.1) is 11.9 Å². The van der Waals surface area contributed by atoms with Crippen molar-refractivity contribution in [1.29, 1.82) is 0 Å². The number of rotatable bonds is 7. The highest BCUT2D eigenvalue weighted by Gasteiger charge is 2.24. The van der Waals surface area contributed by atoms with Gasteiger partial charge in [0, 0.05) is 53.8 Å². The lowest BCUT2D eigenvalue weighted by atomic mass is 10.0. The molecule has 6 heteroatoms. The number of para-hydroxylation sites is 1. The largest absolute Gasteiger partial charge is 0.503 e. The Balaban J connectivity index is 1.73. The summed E-state index contributed by atoms with van der Waals surface area (Å²) in [4.78, 5) is 7.32. The van der Waals surface area contributed by atoms with Crippen LogP contribution in [0, 0.1) is 0 Å². The first-order valence-corrected chi connectivity index (χ1v) is 9.36. The number of imidazole rings is 1. The second-order valence-corrected chi connectivity index (χ2v) is 6.80. The lowest BCUT2D eigenvalue weighted by Gasteiger charge is -2.11. The molecule has 6 nitrogen and oxygen atoms in total. The van der Waals surface area contributed by atoms with Crippen molar-refractivity contribution < 1.29 is 10.2 Å². The van der Waals surface area contributed by atoms with Crippen LogP contribution in [0.2, 0.25) is 0 Å². The van der Waals surface area contributed by atoms with Crippen LogP contribution in [-0.4, -0.2) is 29.3 Å². The molecular weight excluding hydrogens is 340 g/mol. The molecule has 0 atom stereocenters. The van der Waals surface area contributed by atoms with Crippen LogP contribution in [0.5, 0.6) is 11.6 Å². The van der Waals surface area contributed by atoms with E-state index in [0.29, 0.717) is 6.54 Å². The standard InChI is InChI=1S/C21H24N4O2/c1-2-6-18-19(16-13-23-17-8-4-3-7-15(16)17)20(26)21(27)25(18)11-5-10-24-12-9-22-14-24/h3-4,7-9,12-14,23,26-27H,2,5-6,10-11H2,1H3. The molecule has 1 aromatic carbocycles. The van der Waals surface area contributed by atoms with E-state index in [2.05, 4.69) is 16.9 Å². The summed E-state index contributed by atoms with van der Waals surface area (Å²) in [5, 5.41) is 22.4. The van der Waals surface area contributed by atoms with E-state index in [1.165, 1.54) is 0 Å². The Morgan fingerprint density at radius 3 is 2.78 bits per heavy atom. The maximum Gasteiger partial charge on any atom is 0.235 e. The summed E-state index contributed by atoms with van der Waals surface area (Å²) in [7, 11) is 0. The molecule has 0 radical (unpaired) electrons. The number of hydrogen-bond donors (Lipinski definition) is 3. The van der Waals surface area contributed by atoms with Crippen molar-refractivity contribution in [3.05, 3.63) is 54.9 Å². The van der Waals surface area contributed by atoms with Gasteiger partial charge < -0.3 is 24.3 Å². The van der Waals surface area contributed by atoms with E-state index in [1.807, 2.05) is 45.8 Å². The Morgan fingerprint density at radius 2 is 2.00 bits per heavy atom. The van der Waals surface area contributed by atoms with Gasteiger partial charge in [0.2, 0.25) is 5.88 Å². The summed E-state index contributed by atoms with van der Waals surface area (Å²) >= 11 is 0. The van der Waals surface area contributed by atoms with E-state index in [9.17, 15) is 10.2 Å². The SMILES string of the molecule is CCCc1c(-c2c[nH]c3ccccc23)c(O)c(O)n1CCCn1ccnc1. The van der Waals surface area contributed by atoms with Crippen LogP contribution in [0.4, 0.5) is 0 Å². The van der Waals surface area contributed by atoms with Gasteiger partial charge in [-0.1, -0.05) is 31.5 Å². The van der Waals surface area contributed by atoms with Gasteiger partial charge in [-0.05, 0) is 18.9 Å². The molecular formula is C21H24N4O2. The third-order valence-electron chi connectivity index (χ3n) is 5.02. The van der Waals surface area contributed by atoms with Crippen molar-refractivity contribution in [3.63, 3.8) is 0 Å². The number of benzene rings is 1. The fourth-order valence-corrected chi connectivity index (χ4v) is 3.77. The average molecular weight is 364 g/mol. The highest BCUT2D eigenvalue weighted by molar-refractivity contribution is 5.98. The molecule has 140 valence electrons. The van der Waals surface area contributed by atoms with Gasteiger partial charge in [0.1, 0.15) is 0 Å². The van der Waals surface area contributed by atoms with E-state index >= 15 is 0 Å². The zero-order valence-corrected chi connectivity index (χ0v) is 15.4. The zero-order chi connectivity index (χ0) is 18.8. The molecule has 0 spiro atoms. The highest BCUT2D eigenvalue weighted by Crippen LogP contribution is 2.45. The fraction of sp³-hybridized carbons (Fsp3) is 0.286. The molecule has 0 saturated carbocycles. The minimum Gasteiger partial charge on any atom is -0.503 e. The summed E-state index contributed by atoms with van der Waals surface area (Å²) in [5.41, 5.74) is 3.65. The summed E-state index contributed by atoms with van der Waals surface area (Å²) in [6, 6.07) is 8.01. The van der Waals surface area contributed by atoms with E-state index in [0.717, 1.165) is 53.5 Å². The number of hydrogen-bond acceptors (Lipinski definition) is 3. The van der Waals surface area contributed by atoms with E-state index in [-0.39, 0.29) is 11.6 Å². The molecule has 0 saturated heterocycles. The molecule has 3 heterocycles. The lowest BCUT2D eigenvalue weighted by Crippen LogP contribution is -2.06. The molecule has 4 rings (SSSR count). The second-order valence-electron chi connectivity index (χ2n) is 6.80. The van der Waals surface area contributed by atoms with Crippen LogP contribution in [0.1, 0.15) is 25.5 Å². The first kappa shape index (κ1) is 17.3. The van der Waals surface area contributed by atoms with Crippen LogP contribution in [0.15, 0.2) is 49.2 Å². The smallest absolute Gasteiger partial charge is 0.235 e. The van der Waals surface area contributed by atoms with Gasteiger partial charge in [-0.25, -0.2) is 4.98 Å². The molecule has 0 bridgehead atoms. The minimum absolute atomic E-state index is 0.0363. The fourth-order valence-electron chi connectivity index (χ4n) is 3.77. The number of aromatic hydroxyl groups is 2. The predicted molar refractivity (Wildman–Crippen MR) is 106 cm³/mol. The van der Waals surface area contributed by atoms with Crippen molar-refractivity contribution >= 4 is 10.9 Å². The Labute approximate surface area is 157 Å². The third-order valence-corrected chi connectivity index (χ3v) is 5.02. The van der Waals surface area contributed by atoms with Gasteiger partial charge in [0.25, 0.3) is 0 Å². The molecule has 0 aliphatic heterocycles. The summed E-state index contributed by atoms with van der Waals surface area (Å²) in [5.74, 6) is -0.0878. The Bertz CT molecular complexity index is 1040. The van der Waals surface area contributed by atoms with Crippen LogP contribution in [-0.2, 0) is 19.5 Å². The maximum absolute atomic E-state index is 10.7. The average Bonchev–Trinajstić information content (AvgIpc) is 3.38. The molecule has 27 heavy (non-hydrogen) atoms. The summed E-state index contributed by atoms with van der Waals surface area (Å²) in [6.45, 7) is 3.55. The Morgan fingerprint density at radius 1 is 1.15 bits per heavy atom. The molecule has 0 unspecified atom stereocenters. The zero-order valence-electron chi connectivity index (χ0n) is 15.4. The molecule has 4 aromatic rings. The second kappa shape index (κ2) is 7.23. The summed E-state index contributed by atoms with van der Waals surface area (Å²) in [6.07, 6.45) is 9.94. The number of nitrogens with zero attached hydrogens (tertiary/aromatic N) is 3. The van der Waals surface area contributed by atoms with Gasteiger partial charge in [-0.2, -0.15) is 0 Å². The van der Waals surface area contributed by atoms with Crippen LogP contribution in [0.25, 0.3) is 22.0 Å². The maximum atomic E-state index is 10.7. The lowest BCUT2D eigenvalue weighted by molar-refractivity contribution is 0.365. The molecule has 0 fully saturated rings. The van der Waals surface area contributed by atoms with Gasteiger partial charge in [-0.3, -0.25) is 0 Å². The monoisotopic (exact) mass is 364 g/mol. The van der Waals surface area contributed by atoms with E-state index < -0.39 is 0 Å². The molecule has 3 N–H and O–H groups in total. The van der Waals surface area contributed by atoms with Crippen molar-refractivity contribution in [2.75, 3.05) is 0 Å². The van der Waals surface area contributed by atoms with Gasteiger partial charge in [0.15, 0.2) is 5.75 Å². The molecule has 0 amide bonds. The van der Waals surface area contributed by atoms with E-state index in [4.69, 9.17) is 0 Å². The van der Waals surface area contributed by atoms with Crippen LogP contribution in [0.3, 0.4) is 0 Å². The highest BCUT2D eigenvalue weighted by atomic mass is 16.3. The van der Waals surface area contributed by atoms with Crippen LogP contribution >= 0.6 is 0 Å². The number of aryl methyl sites for hydroxylation is 1. The van der Waals surface area contributed by atoms with E-state index in [1.54, 1.807) is 12.5 Å². The number of aromatic nitrogens is 4. The number of nitrogens with one attached hydrogen (secondary N) is 1. The topological polar surface area (TPSA) is 79.0 Å². The molecule has 0 aliphatic rings. The first-order valence-electron chi connectivity index (χ1n) is 9.36. The van der Waals surface area contributed by atoms with Crippen molar-refractivity contribution in [1.82, 2.24) is 19.1 Å². The number of fused-ring (bicyclic) bond motifs is 1. The normalized spacial score (nSPS) is 11.4. The third kappa shape index (κ3) is 3.07. The summed E-state index contributed by atoms with van der Waals surface area (Å²) < 4.78 is 3.87. The molecule has 3 aromatic heterocycles. The van der Waals surface area contributed by atoms with Crippen molar-refractivity contribution in [2.45, 2.75) is 39.3 Å². The number of aromatic amines is 1. The first-order chi connectivity index (χ1) is 13.2. The van der Waals surface area contributed by atoms with Crippen LogP contribution < -0.4 is 0 Å². The quantitative estimate of drug-likeness (QED) is 0.458. The van der Waals surface area contributed by atoms with Gasteiger partial charge >= 0.3 is 0 Å². The molecule has 0 aliphatic carbocycles. The van der Waals surface area contributed by atoms with Gasteiger partial charge in [-0.15, -0.1) is 0 Å². The number of H-pyrrole nitrogens is 1. The van der Waals surface area contributed by atoms with Crippen molar-refractivity contribution in [2.24, 2.45) is 0 Å². The van der Waals surface area contributed by atoms with Crippen molar-refractivity contribution in [3.8, 4) is 22.8 Å².